The molecule has 0 aliphatic rings. The highest BCUT2D eigenvalue weighted by molar-refractivity contribution is 7.73. The highest BCUT2D eigenvalue weighted by atomic mass is 32.2. The van der Waals surface area contributed by atoms with E-state index in [1.165, 1.54) is 6.20 Å². The van der Waals surface area contributed by atoms with Gasteiger partial charge in [0.05, 0.1) is 11.3 Å². The quantitative estimate of drug-likeness (QED) is 0.333. The van der Waals surface area contributed by atoms with E-state index in [1.807, 2.05) is 17.7 Å². The molecular weight excluding hydrogens is 388 g/mol. The average Bonchev–Trinajstić information content (AvgIpc) is 3.08. The molecule has 2 aromatic heterocycles. The summed E-state index contributed by atoms with van der Waals surface area (Å²) < 4.78 is 52.3. The Hall–Kier alpha value is -3.33. The maximum absolute atomic E-state index is 14.6. The molecule has 2 N–H and O–H groups in total. The lowest BCUT2D eigenvalue weighted by Crippen LogP contribution is -2.10. The topological polar surface area (TPSA) is 91.9 Å². The van der Waals surface area contributed by atoms with Gasteiger partial charge in [-0.05, 0) is 30.7 Å². The number of hydrogen-bond acceptors (Lipinski definition) is 4. The molecule has 0 radical (unpaired) electrons. The van der Waals surface area contributed by atoms with E-state index in [9.17, 15) is 22.0 Å². The number of aromatic nitrogens is 2. The number of benzene rings is 1. The number of nitrogens with one attached hydrogen (secondary N) is 2. The minimum Gasteiger partial charge on any atom is -0.345 e. The van der Waals surface area contributed by atoms with Gasteiger partial charge in [-0.1, -0.05) is 18.7 Å². The third kappa shape index (κ3) is 3.44. The number of allylic oxidation sites excluding steroid dienone is 3. The van der Waals surface area contributed by atoms with Crippen molar-refractivity contribution in [2.75, 3.05) is 4.72 Å². The van der Waals surface area contributed by atoms with Crippen molar-refractivity contribution in [3.05, 3.63) is 77.6 Å². The van der Waals surface area contributed by atoms with Crippen LogP contribution in [0.4, 0.5) is 14.5 Å². The summed E-state index contributed by atoms with van der Waals surface area (Å²) in [5.41, 5.74) is 0.454. The highest BCUT2D eigenvalue weighted by Gasteiger charge is 2.24. The van der Waals surface area contributed by atoms with Crippen molar-refractivity contribution in [3.63, 3.8) is 0 Å². The maximum atomic E-state index is 14.6. The summed E-state index contributed by atoms with van der Waals surface area (Å²) in [7, 11) is -3.18. The van der Waals surface area contributed by atoms with Gasteiger partial charge in [0.1, 0.15) is 11.5 Å². The van der Waals surface area contributed by atoms with Crippen molar-refractivity contribution in [1.29, 1.82) is 0 Å². The molecule has 0 saturated heterocycles. The van der Waals surface area contributed by atoms with Gasteiger partial charge in [0.25, 0.3) is 0 Å². The number of carbonyl (C=O) groups excluding carboxylic acids is 1. The van der Waals surface area contributed by atoms with Gasteiger partial charge < -0.3 is 4.98 Å². The Morgan fingerprint density at radius 3 is 2.71 bits per heavy atom. The number of pyridine rings is 1. The van der Waals surface area contributed by atoms with Crippen LogP contribution in [0.25, 0.3) is 16.6 Å². The van der Waals surface area contributed by atoms with Gasteiger partial charge in [0.15, 0.2) is 5.82 Å². The third-order valence-corrected chi connectivity index (χ3v) is 4.59. The minimum atomic E-state index is -3.18. The molecule has 3 rings (SSSR count). The van der Waals surface area contributed by atoms with Crippen molar-refractivity contribution < 1.29 is 22.0 Å². The molecule has 0 bridgehead atoms. The van der Waals surface area contributed by atoms with Gasteiger partial charge >= 0.3 is 0 Å². The van der Waals surface area contributed by atoms with Crippen LogP contribution in [-0.2, 0) is 10.9 Å². The van der Waals surface area contributed by atoms with E-state index in [2.05, 4.69) is 16.5 Å². The van der Waals surface area contributed by atoms with Crippen LogP contribution >= 0.6 is 0 Å². The number of fused-ring (bicyclic) bond motifs is 1. The van der Waals surface area contributed by atoms with E-state index in [1.54, 1.807) is 18.3 Å². The van der Waals surface area contributed by atoms with Crippen molar-refractivity contribution in [3.8, 4) is 0 Å². The molecule has 6 nitrogen and oxygen atoms in total. The molecule has 1 aromatic carbocycles. The maximum Gasteiger partial charge on any atom is 0.222 e. The van der Waals surface area contributed by atoms with Crippen molar-refractivity contribution in [2.24, 2.45) is 0 Å². The largest absolute Gasteiger partial charge is 0.345 e. The fourth-order valence-corrected chi connectivity index (χ4v) is 3.20. The van der Waals surface area contributed by atoms with Gasteiger partial charge in [-0.25, -0.2) is 22.2 Å². The number of hydrogen-bond donors (Lipinski definition) is 3. The number of nitrogens with zero attached hydrogens (tertiary/aromatic N) is 1. The summed E-state index contributed by atoms with van der Waals surface area (Å²) >= 11 is 0. The van der Waals surface area contributed by atoms with Crippen LogP contribution in [0.1, 0.15) is 28.4 Å². The summed E-state index contributed by atoms with van der Waals surface area (Å²) in [4.78, 5) is 19.9. The number of anilines is 1. The van der Waals surface area contributed by atoms with Gasteiger partial charge in [-0.3, -0.25) is 9.52 Å². The smallest absolute Gasteiger partial charge is 0.222 e. The van der Waals surface area contributed by atoms with Gasteiger partial charge in [0, 0.05) is 28.9 Å². The lowest BCUT2D eigenvalue weighted by molar-refractivity contribution is 0.103. The van der Waals surface area contributed by atoms with Crippen molar-refractivity contribution in [1.82, 2.24) is 9.97 Å². The van der Waals surface area contributed by atoms with Gasteiger partial charge in [0.2, 0.25) is 16.7 Å². The van der Waals surface area contributed by atoms with Crippen LogP contribution in [0.3, 0.4) is 0 Å². The summed E-state index contributed by atoms with van der Waals surface area (Å²) in [5.74, 6) is -3.33. The predicted molar refractivity (Wildman–Crippen MR) is 104 cm³/mol. The molecular formula is C19H15F2N3O3S. The molecule has 144 valence electrons. The van der Waals surface area contributed by atoms with E-state index in [0.29, 0.717) is 16.6 Å². The summed E-state index contributed by atoms with van der Waals surface area (Å²) in [6.45, 7) is 5.53. The molecule has 28 heavy (non-hydrogen) atoms. The number of rotatable bonds is 6. The zero-order valence-electron chi connectivity index (χ0n) is 14.6. The Labute approximate surface area is 160 Å². The van der Waals surface area contributed by atoms with E-state index in [4.69, 9.17) is 0 Å². The average molecular weight is 403 g/mol. The van der Waals surface area contributed by atoms with E-state index in [0.717, 1.165) is 17.7 Å². The first kappa shape index (κ1) is 19.4. The molecule has 0 aliphatic carbocycles. The summed E-state index contributed by atoms with van der Waals surface area (Å²) in [5, 5.41) is 0.371. The monoisotopic (exact) mass is 403 g/mol. The standard InChI is InChI=1S/C19H15F2N3O3S/c1-3-10(4-2)11-7-12-13(9-23-19(12)22-8-11)18(25)16-14(20)5-6-15(17(16)21)24-28(26)27/h3-9,28H,1H2,2H3,(H,22,23)(H,24,26,27)/b10-4+. The Kier molecular flexibility index (Phi) is 5.36. The fraction of sp³-hybridized carbons (Fsp3) is 0.0526. The minimum absolute atomic E-state index is 0.00493. The zero-order valence-corrected chi connectivity index (χ0v) is 15.5. The third-order valence-electron chi connectivity index (χ3n) is 4.17. The van der Waals surface area contributed by atoms with Crippen LogP contribution in [0.2, 0.25) is 0 Å². The molecule has 0 unspecified atom stereocenters. The number of thiol groups is 1. The molecule has 0 spiro atoms. The van der Waals surface area contributed by atoms with E-state index >= 15 is 0 Å². The lowest BCUT2D eigenvalue weighted by Gasteiger charge is -2.08. The van der Waals surface area contributed by atoms with Crippen molar-refractivity contribution >= 4 is 39.0 Å². The highest BCUT2D eigenvalue weighted by Crippen LogP contribution is 2.28. The summed E-state index contributed by atoms with van der Waals surface area (Å²) in [6.07, 6.45) is 6.32. The SMILES string of the molecule is C=C/C(=C\C)c1cnc2[nH]cc(C(=O)c3c(F)ccc(N[SH](=O)=O)c3F)c2c1. The van der Waals surface area contributed by atoms with Crippen LogP contribution in [0.5, 0.6) is 0 Å². The first-order valence-corrected chi connectivity index (χ1v) is 9.25. The molecule has 0 amide bonds. The van der Waals surface area contributed by atoms with Crippen molar-refractivity contribution in [2.45, 2.75) is 6.92 Å². The number of halogens is 2. The first-order valence-electron chi connectivity index (χ1n) is 8.07. The van der Waals surface area contributed by atoms with Crippen LogP contribution in [0, 0.1) is 11.6 Å². The first-order chi connectivity index (χ1) is 13.4. The number of carbonyl (C=O) groups is 1. The Bertz CT molecular complexity index is 1200. The van der Waals surface area contributed by atoms with Crippen LogP contribution in [-0.4, -0.2) is 24.2 Å². The van der Waals surface area contributed by atoms with E-state index in [-0.39, 0.29) is 5.56 Å². The molecule has 0 aliphatic heterocycles. The Balaban J connectivity index is 2.17. The number of aromatic amines is 1. The lowest BCUT2D eigenvalue weighted by atomic mass is 10.00. The van der Waals surface area contributed by atoms with Crippen LogP contribution < -0.4 is 4.72 Å². The number of H-pyrrole nitrogens is 1. The molecule has 2 heterocycles. The molecule has 0 fully saturated rings. The molecule has 0 saturated carbocycles. The second kappa shape index (κ2) is 7.73. The number of ketones is 1. The van der Waals surface area contributed by atoms with Crippen LogP contribution in [0.15, 0.2) is 49.3 Å². The molecule has 9 heteroatoms. The fourth-order valence-electron chi connectivity index (χ4n) is 2.83. The normalized spacial score (nSPS) is 11.8. The Morgan fingerprint density at radius 1 is 1.32 bits per heavy atom. The Morgan fingerprint density at radius 2 is 2.07 bits per heavy atom. The summed E-state index contributed by atoms with van der Waals surface area (Å²) in [6, 6.07) is 3.39. The molecule has 0 atom stereocenters. The zero-order chi connectivity index (χ0) is 20.4. The second-order valence-electron chi connectivity index (χ2n) is 5.75. The second-order valence-corrected chi connectivity index (χ2v) is 6.49. The predicted octanol–water partition coefficient (Wildman–Crippen LogP) is 3.60. The van der Waals surface area contributed by atoms with Gasteiger partial charge in [-0.2, -0.15) is 0 Å². The van der Waals surface area contributed by atoms with Gasteiger partial charge in [-0.15, -0.1) is 0 Å². The van der Waals surface area contributed by atoms with E-state index < -0.39 is 39.6 Å². The molecule has 3 aromatic rings.